The van der Waals surface area contributed by atoms with E-state index in [1.54, 1.807) is 0 Å². The normalized spacial score (nSPS) is 27.9. The van der Waals surface area contributed by atoms with Crippen LogP contribution in [0, 0.1) is 11.8 Å². The standard InChI is InChI=1S/C10H18F3N3/c1-2-15-9(16-14)7-3-5-8(6-4-7)10(11,12)13/h7-8H,2-6,14H2,1H3,(H,15,16). The molecule has 1 aliphatic rings. The molecule has 0 bridgehead atoms. The summed E-state index contributed by atoms with van der Waals surface area (Å²) in [6.45, 7) is 2.47. The molecular weight excluding hydrogens is 219 g/mol. The summed E-state index contributed by atoms with van der Waals surface area (Å²) in [5.74, 6) is 4.86. The molecule has 6 heteroatoms. The highest BCUT2D eigenvalue weighted by molar-refractivity contribution is 5.84. The van der Waals surface area contributed by atoms with E-state index in [1.165, 1.54) is 0 Å². The largest absolute Gasteiger partial charge is 0.391 e. The van der Waals surface area contributed by atoms with E-state index in [0.29, 0.717) is 25.2 Å². The summed E-state index contributed by atoms with van der Waals surface area (Å²) in [5, 5.41) is 0. The molecule has 0 heterocycles. The second-order valence-electron chi connectivity index (χ2n) is 4.09. The molecule has 0 aliphatic heterocycles. The third-order valence-corrected chi connectivity index (χ3v) is 3.05. The van der Waals surface area contributed by atoms with Gasteiger partial charge in [0.2, 0.25) is 0 Å². The lowest BCUT2D eigenvalue weighted by atomic mass is 9.81. The molecule has 94 valence electrons. The molecule has 0 atom stereocenters. The van der Waals surface area contributed by atoms with Gasteiger partial charge in [0, 0.05) is 12.5 Å². The van der Waals surface area contributed by atoms with E-state index in [4.69, 9.17) is 5.84 Å². The Labute approximate surface area is 93.3 Å². The van der Waals surface area contributed by atoms with Gasteiger partial charge in [0.25, 0.3) is 0 Å². The second kappa shape index (κ2) is 5.52. The van der Waals surface area contributed by atoms with E-state index >= 15 is 0 Å². The molecule has 0 amide bonds. The quantitative estimate of drug-likeness (QED) is 0.335. The maximum Gasteiger partial charge on any atom is 0.391 e. The predicted molar refractivity (Wildman–Crippen MR) is 56.8 cm³/mol. The van der Waals surface area contributed by atoms with Crippen LogP contribution in [0.4, 0.5) is 13.2 Å². The number of nitrogens with zero attached hydrogens (tertiary/aromatic N) is 1. The lowest BCUT2D eigenvalue weighted by molar-refractivity contribution is -0.182. The molecule has 3 N–H and O–H groups in total. The van der Waals surface area contributed by atoms with Crippen molar-refractivity contribution in [1.29, 1.82) is 0 Å². The van der Waals surface area contributed by atoms with Crippen LogP contribution in [-0.2, 0) is 0 Å². The number of hydrogen-bond donors (Lipinski definition) is 2. The molecule has 1 aliphatic carbocycles. The zero-order valence-corrected chi connectivity index (χ0v) is 9.35. The molecule has 16 heavy (non-hydrogen) atoms. The van der Waals surface area contributed by atoms with Crippen molar-refractivity contribution in [3.8, 4) is 0 Å². The van der Waals surface area contributed by atoms with Gasteiger partial charge in [-0.15, -0.1) is 0 Å². The van der Waals surface area contributed by atoms with Crippen LogP contribution in [0.5, 0.6) is 0 Å². The van der Waals surface area contributed by atoms with Gasteiger partial charge < -0.3 is 5.43 Å². The molecule has 3 nitrogen and oxygen atoms in total. The van der Waals surface area contributed by atoms with Crippen molar-refractivity contribution in [2.45, 2.75) is 38.8 Å². The maximum absolute atomic E-state index is 12.4. The number of halogens is 3. The summed E-state index contributed by atoms with van der Waals surface area (Å²) < 4.78 is 37.3. The predicted octanol–water partition coefficient (Wildman–Crippen LogP) is 2.24. The summed E-state index contributed by atoms with van der Waals surface area (Å²) in [5.41, 5.74) is 2.50. The summed E-state index contributed by atoms with van der Waals surface area (Å²) in [6.07, 6.45) is -2.68. The topological polar surface area (TPSA) is 50.4 Å². The number of hydrogen-bond acceptors (Lipinski definition) is 2. The van der Waals surface area contributed by atoms with Crippen molar-refractivity contribution in [3.63, 3.8) is 0 Å². The van der Waals surface area contributed by atoms with Gasteiger partial charge in [-0.05, 0) is 32.6 Å². The van der Waals surface area contributed by atoms with Crippen molar-refractivity contribution in [2.24, 2.45) is 22.7 Å². The molecule has 1 saturated carbocycles. The maximum atomic E-state index is 12.4. The highest BCUT2D eigenvalue weighted by Gasteiger charge is 2.41. The Bertz CT molecular complexity index is 242. The zero-order chi connectivity index (χ0) is 12.2. The first-order valence-corrected chi connectivity index (χ1v) is 5.56. The number of amidine groups is 1. The van der Waals surface area contributed by atoms with E-state index in [2.05, 4.69) is 10.4 Å². The molecule has 1 rings (SSSR count). The van der Waals surface area contributed by atoms with Crippen molar-refractivity contribution >= 4 is 5.84 Å². The summed E-state index contributed by atoms with van der Waals surface area (Å²) in [6, 6.07) is 0. The Hall–Kier alpha value is -0.780. The first kappa shape index (κ1) is 13.3. The van der Waals surface area contributed by atoms with Gasteiger partial charge in [-0.3, -0.25) is 4.99 Å². The Morgan fingerprint density at radius 1 is 1.31 bits per heavy atom. The third-order valence-electron chi connectivity index (χ3n) is 3.05. The highest BCUT2D eigenvalue weighted by Crippen LogP contribution is 2.39. The minimum absolute atomic E-state index is 0.0588. The summed E-state index contributed by atoms with van der Waals surface area (Å²) >= 11 is 0. The van der Waals surface area contributed by atoms with Gasteiger partial charge in [0.1, 0.15) is 5.84 Å². The van der Waals surface area contributed by atoms with E-state index in [1.807, 2.05) is 6.92 Å². The Kier molecular flexibility index (Phi) is 4.58. The molecule has 1 fully saturated rings. The average molecular weight is 237 g/mol. The smallest absolute Gasteiger partial charge is 0.312 e. The van der Waals surface area contributed by atoms with Crippen LogP contribution in [0.3, 0.4) is 0 Å². The van der Waals surface area contributed by atoms with Crippen LogP contribution in [0.25, 0.3) is 0 Å². The average Bonchev–Trinajstić information content (AvgIpc) is 2.25. The van der Waals surface area contributed by atoms with Crippen molar-refractivity contribution < 1.29 is 13.2 Å². The van der Waals surface area contributed by atoms with E-state index < -0.39 is 12.1 Å². The van der Waals surface area contributed by atoms with E-state index in [0.717, 1.165) is 0 Å². The molecule has 0 aromatic rings. The number of aliphatic imine (C=N–C) groups is 1. The fourth-order valence-electron chi connectivity index (χ4n) is 2.16. The lowest BCUT2D eigenvalue weighted by Crippen LogP contribution is -2.39. The molecule has 0 unspecified atom stereocenters. The van der Waals surface area contributed by atoms with E-state index in [9.17, 15) is 13.2 Å². The number of nitrogens with one attached hydrogen (secondary N) is 1. The second-order valence-corrected chi connectivity index (χ2v) is 4.09. The molecule has 0 radical (unpaired) electrons. The molecule has 0 saturated heterocycles. The fraction of sp³-hybridized carbons (Fsp3) is 0.900. The fourth-order valence-corrected chi connectivity index (χ4v) is 2.16. The summed E-state index contributed by atoms with van der Waals surface area (Å²) in [7, 11) is 0. The first-order valence-electron chi connectivity index (χ1n) is 5.56. The van der Waals surface area contributed by atoms with Gasteiger partial charge in [-0.2, -0.15) is 13.2 Å². The van der Waals surface area contributed by atoms with Crippen LogP contribution >= 0.6 is 0 Å². The number of hydrazine groups is 1. The molecule has 0 aromatic heterocycles. The van der Waals surface area contributed by atoms with Crippen LogP contribution in [0.2, 0.25) is 0 Å². The van der Waals surface area contributed by atoms with Gasteiger partial charge in [-0.25, -0.2) is 5.84 Å². The zero-order valence-electron chi connectivity index (χ0n) is 9.35. The van der Waals surface area contributed by atoms with Crippen LogP contribution in [-0.4, -0.2) is 18.6 Å². The van der Waals surface area contributed by atoms with Gasteiger partial charge in [-0.1, -0.05) is 0 Å². The van der Waals surface area contributed by atoms with Crippen LogP contribution in [0.15, 0.2) is 4.99 Å². The van der Waals surface area contributed by atoms with E-state index in [-0.39, 0.29) is 18.8 Å². The number of nitrogens with two attached hydrogens (primary N) is 1. The SMILES string of the molecule is CCN=C(NN)C1CCC(C(F)(F)F)CC1. The third kappa shape index (κ3) is 3.37. The Morgan fingerprint density at radius 2 is 1.88 bits per heavy atom. The number of rotatable bonds is 2. The number of alkyl halides is 3. The minimum atomic E-state index is -4.05. The molecule has 0 spiro atoms. The van der Waals surface area contributed by atoms with Crippen LogP contribution in [0.1, 0.15) is 32.6 Å². The monoisotopic (exact) mass is 237 g/mol. The van der Waals surface area contributed by atoms with Gasteiger partial charge in [0.15, 0.2) is 0 Å². The molecule has 0 aromatic carbocycles. The van der Waals surface area contributed by atoms with Crippen LogP contribution < -0.4 is 11.3 Å². The van der Waals surface area contributed by atoms with Crippen molar-refractivity contribution in [2.75, 3.05) is 6.54 Å². The highest BCUT2D eigenvalue weighted by atomic mass is 19.4. The summed E-state index contributed by atoms with van der Waals surface area (Å²) in [4.78, 5) is 4.15. The Balaban J connectivity index is 2.51. The first-order chi connectivity index (χ1) is 7.49. The lowest BCUT2D eigenvalue weighted by Gasteiger charge is -2.30. The van der Waals surface area contributed by atoms with Gasteiger partial charge >= 0.3 is 6.18 Å². The van der Waals surface area contributed by atoms with Gasteiger partial charge in [0.05, 0.1) is 5.92 Å². The Morgan fingerprint density at radius 3 is 2.25 bits per heavy atom. The van der Waals surface area contributed by atoms with Crippen molar-refractivity contribution in [1.82, 2.24) is 5.43 Å². The molecular formula is C10H18F3N3. The minimum Gasteiger partial charge on any atom is -0.312 e. The van der Waals surface area contributed by atoms with Crippen molar-refractivity contribution in [3.05, 3.63) is 0 Å².